The van der Waals surface area contributed by atoms with Crippen molar-refractivity contribution >= 4 is 5.82 Å². The second-order valence-corrected chi connectivity index (χ2v) is 3.58. The van der Waals surface area contributed by atoms with E-state index in [0.29, 0.717) is 5.82 Å². The molecule has 0 saturated carbocycles. The molecule has 0 unspecified atom stereocenters. The quantitative estimate of drug-likeness (QED) is 0.870. The molecule has 0 aliphatic carbocycles. The molecule has 0 aliphatic heterocycles. The van der Waals surface area contributed by atoms with Gasteiger partial charge in [0.1, 0.15) is 12.0 Å². The first kappa shape index (κ1) is 13.1. The van der Waals surface area contributed by atoms with E-state index in [9.17, 15) is 13.2 Å². The summed E-state index contributed by atoms with van der Waals surface area (Å²) >= 11 is 0. The lowest BCUT2D eigenvalue weighted by Gasteiger charge is -2.12. The number of nitrogens with one attached hydrogen (secondary N) is 1. The molecular weight excluding hydrogens is 259 g/mol. The molecule has 0 bridgehead atoms. The van der Waals surface area contributed by atoms with Gasteiger partial charge >= 0.3 is 0 Å². The first-order chi connectivity index (χ1) is 9.10. The normalized spacial score (nSPS) is 10.4. The van der Waals surface area contributed by atoms with Crippen LogP contribution in [0.4, 0.5) is 19.0 Å². The smallest absolute Gasteiger partial charge is 0.195 e. The van der Waals surface area contributed by atoms with Gasteiger partial charge in [-0.3, -0.25) is 0 Å². The Kier molecular flexibility index (Phi) is 3.55. The average molecular weight is 269 g/mol. The van der Waals surface area contributed by atoms with Crippen molar-refractivity contribution in [2.45, 2.75) is 0 Å². The Morgan fingerprint density at radius 1 is 1.11 bits per heavy atom. The number of rotatable bonds is 3. The van der Waals surface area contributed by atoms with Crippen molar-refractivity contribution in [2.24, 2.45) is 0 Å². The van der Waals surface area contributed by atoms with Crippen molar-refractivity contribution in [3.63, 3.8) is 0 Å². The first-order valence-electron chi connectivity index (χ1n) is 5.30. The topological polar surface area (TPSA) is 47.0 Å². The Morgan fingerprint density at radius 3 is 2.47 bits per heavy atom. The summed E-state index contributed by atoms with van der Waals surface area (Å²) < 4.78 is 45.0. The van der Waals surface area contributed by atoms with Crippen molar-refractivity contribution in [1.29, 1.82) is 0 Å². The van der Waals surface area contributed by atoms with E-state index >= 15 is 0 Å². The third-order valence-electron chi connectivity index (χ3n) is 2.54. The number of methoxy groups -OCH3 is 1. The van der Waals surface area contributed by atoms with Gasteiger partial charge < -0.3 is 10.1 Å². The van der Waals surface area contributed by atoms with E-state index in [0.717, 1.165) is 12.1 Å². The summed E-state index contributed by atoms with van der Waals surface area (Å²) in [6.07, 6.45) is 1.17. The summed E-state index contributed by atoms with van der Waals surface area (Å²) in [5.74, 6) is -3.67. The Morgan fingerprint density at radius 2 is 1.84 bits per heavy atom. The summed E-state index contributed by atoms with van der Waals surface area (Å²) in [5, 5.41) is 2.74. The minimum absolute atomic E-state index is 0.0400. The largest absolute Gasteiger partial charge is 0.491 e. The van der Waals surface area contributed by atoms with Crippen LogP contribution in [0.2, 0.25) is 0 Å². The van der Waals surface area contributed by atoms with Crippen LogP contribution in [0.25, 0.3) is 11.3 Å². The summed E-state index contributed by atoms with van der Waals surface area (Å²) in [4.78, 5) is 7.74. The van der Waals surface area contributed by atoms with Gasteiger partial charge in [-0.1, -0.05) is 0 Å². The van der Waals surface area contributed by atoms with Crippen LogP contribution in [0.3, 0.4) is 0 Å². The zero-order chi connectivity index (χ0) is 14.0. The van der Waals surface area contributed by atoms with Crippen LogP contribution >= 0.6 is 0 Å². The van der Waals surface area contributed by atoms with E-state index in [2.05, 4.69) is 15.3 Å². The molecule has 1 aromatic carbocycles. The van der Waals surface area contributed by atoms with Gasteiger partial charge in [0.25, 0.3) is 0 Å². The van der Waals surface area contributed by atoms with Crippen LogP contribution in [0.5, 0.6) is 5.75 Å². The lowest BCUT2D eigenvalue weighted by atomic mass is 10.1. The van der Waals surface area contributed by atoms with E-state index in [1.165, 1.54) is 13.4 Å². The van der Waals surface area contributed by atoms with Crippen LogP contribution in [0.1, 0.15) is 0 Å². The van der Waals surface area contributed by atoms with Crippen LogP contribution in [-0.4, -0.2) is 24.1 Å². The number of halogens is 3. The number of nitrogens with zero attached hydrogens (tertiary/aromatic N) is 2. The number of anilines is 1. The lowest BCUT2D eigenvalue weighted by Crippen LogP contribution is -2.02. The van der Waals surface area contributed by atoms with Crippen molar-refractivity contribution in [2.75, 3.05) is 19.5 Å². The minimum atomic E-state index is -1.55. The summed E-state index contributed by atoms with van der Waals surface area (Å²) in [6.45, 7) is 0. The van der Waals surface area contributed by atoms with E-state index in [1.54, 1.807) is 7.05 Å². The van der Waals surface area contributed by atoms with Gasteiger partial charge in [0.2, 0.25) is 0 Å². The molecule has 0 saturated heterocycles. The van der Waals surface area contributed by atoms with Gasteiger partial charge in [0.05, 0.1) is 7.11 Å². The zero-order valence-corrected chi connectivity index (χ0v) is 10.2. The molecule has 7 heteroatoms. The van der Waals surface area contributed by atoms with Gasteiger partial charge in [-0.05, 0) is 12.1 Å². The zero-order valence-electron chi connectivity index (χ0n) is 10.2. The molecule has 1 heterocycles. The van der Waals surface area contributed by atoms with Gasteiger partial charge in [-0.2, -0.15) is 0 Å². The summed E-state index contributed by atoms with van der Waals surface area (Å²) in [6, 6.07) is 1.92. The molecule has 0 radical (unpaired) electrons. The second-order valence-electron chi connectivity index (χ2n) is 3.58. The summed E-state index contributed by atoms with van der Waals surface area (Å²) in [5.41, 5.74) is -0.159. The second kappa shape index (κ2) is 5.13. The maximum atomic E-state index is 13.7. The highest BCUT2D eigenvalue weighted by Crippen LogP contribution is 2.34. The van der Waals surface area contributed by atoms with E-state index in [-0.39, 0.29) is 17.0 Å². The average Bonchev–Trinajstić information content (AvgIpc) is 2.44. The molecule has 4 nitrogen and oxygen atoms in total. The monoisotopic (exact) mass is 269 g/mol. The first-order valence-corrected chi connectivity index (χ1v) is 5.30. The molecule has 1 N–H and O–H groups in total. The molecule has 0 fully saturated rings. The van der Waals surface area contributed by atoms with Crippen LogP contribution in [-0.2, 0) is 0 Å². The number of hydrogen-bond donors (Lipinski definition) is 1. The number of benzene rings is 1. The molecule has 1 aromatic heterocycles. The molecule has 0 amide bonds. The van der Waals surface area contributed by atoms with Crippen molar-refractivity contribution in [3.05, 3.63) is 35.9 Å². The Bertz CT molecular complexity index is 619. The third kappa shape index (κ3) is 2.18. The fourth-order valence-corrected chi connectivity index (χ4v) is 1.65. The van der Waals surface area contributed by atoms with E-state index < -0.39 is 17.5 Å². The molecule has 0 aliphatic rings. The molecule has 0 spiro atoms. The van der Waals surface area contributed by atoms with E-state index in [4.69, 9.17) is 4.74 Å². The highest BCUT2D eigenvalue weighted by molar-refractivity contribution is 5.72. The fourth-order valence-electron chi connectivity index (χ4n) is 1.65. The Hall–Kier alpha value is -2.31. The van der Waals surface area contributed by atoms with Crippen molar-refractivity contribution in [1.82, 2.24) is 9.97 Å². The fraction of sp³-hybridized carbons (Fsp3) is 0.167. The van der Waals surface area contributed by atoms with Gasteiger partial charge in [0, 0.05) is 12.6 Å². The highest BCUT2D eigenvalue weighted by Gasteiger charge is 2.20. The van der Waals surface area contributed by atoms with Gasteiger partial charge in [-0.25, -0.2) is 23.1 Å². The molecule has 100 valence electrons. The predicted octanol–water partition coefficient (Wildman–Crippen LogP) is 2.61. The Labute approximate surface area is 107 Å². The van der Waals surface area contributed by atoms with E-state index in [1.807, 2.05) is 0 Å². The van der Waals surface area contributed by atoms with Crippen molar-refractivity contribution < 1.29 is 17.9 Å². The number of aromatic nitrogens is 2. The van der Waals surface area contributed by atoms with Crippen molar-refractivity contribution in [3.8, 4) is 17.0 Å². The van der Waals surface area contributed by atoms with Crippen LogP contribution in [0.15, 0.2) is 18.5 Å². The number of ether oxygens (including phenoxy) is 1. The molecule has 0 atom stereocenters. The standard InChI is InChI=1S/C12H10F3N3O/c1-16-12-11(19-2)10(17-5-18-12)6-3-4-7(13)9(15)8(6)14/h3-5H,1-2H3,(H,16,17,18). The van der Waals surface area contributed by atoms with Crippen LogP contribution < -0.4 is 10.1 Å². The molecule has 2 aromatic rings. The third-order valence-corrected chi connectivity index (χ3v) is 2.54. The lowest BCUT2D eigenvalue weighted by molar-refractivity contribution is 0.413. The van der Waals surface area contributed by atoms with Gasteiger partial charge in [0.15, 0.2) is 29.0 Å². The minimum Gasteiger partial charge on any atom is -0.491 e. The molecule has 19 heavy (non-hydrogen) atoms. The van der Waals surface area contributed by atoms with Crippen LogP contribution in [0, 0.1) is 17.5 Å². The maximum absolute atomic E-state index is 13.7. The SMILES string of the molecule is CNc1ncnc(-c2ccc(F)c(F)c2F)c1OC. The maximum Gasteiger partial charge on any atom is 0.195 e. The number of hydrogen-bond acceptors (Lipinski definition) is 4. The predicted molar refractivity (Wildman–Crippen MR) is 63.4 cm³/mol. The molecular formula is C12H10F3N3O. The van der Waals surface area contributed by atoms with Gasteiger partial charge in [-0.15, -0.1) is 0 Å². The Balaban J connectivity index is 2.69. The summed E-state index contributed by atoms with van der Waals surface area (Å²) in [7, 11) is 2.94. The highest BCUT2D eigenvalue weighted by atomic mass is 19.2. The molecule has 2 rings (SSSR count).